The van der Waals surface area contributed by atoms with Gasteiger partial charge in [0.1, 0.15) is 0 Å². The fourth-order valence-electron chi connectivity index (χ4n) is 2.13. The molecule has 2 rings (SSSR count). The van der Waals surface area contributed by atoms with Crippen LogP contribution in [0, 0.1) is 13.0 Å². The highest BCUT2D eigenvalue weighted by atomic mass is 16.5. The number of unbranched alkanes of at least 4 members (excludes halogenated alkanes) is 2. The van der Waals surface area contributed by atoms with Gasteiger partial charge in [-0.05, 0) is 42.0 Å². The van der Waals surface area contributed by atoms with Crippen LogP contribution in [0.25, 0.3) is 10.8 Å². The Hall–Kier alpha value is -1.34. The van der Waals surface area contributed by atoms with Crippen LogP contribution in [0.15, 0.2) is 42.5 Å². The van der Waals surface area contributed by atoms with E-state index in [1.807, 2.05) is 6.61 Å². The highest BCUT2D eigenvalue weighted by Gasteiger charge is 2.00. The Morgan fingerprint density at radius 3 is 2.74 bits per heavy atom. The van der Waals surface area contributed by atoms with E-state index in [1.165, 1.54) is 22.8 Å². The first kappa shape index (κ1) is 14.1. The normalized spacial score (nSPS) is 11.0. The number of ether oxygens (including phenoxy) is 1. The zero-order valence-corrected chi connectivity index (χ0v) is 11.6. The molecule has 0 spiro atoms. The Morgan fingerprint density at radius 1 is 1.00 bits per heavy atom. The van der Waals surface area contributed by atoms with Gasteiger partial charge in [0.25, 0.3) is 0 Å². The first-order valence-electron chi connectivity index (χ1n) is 7.16. The summed E-state index contributed by atoms with van der Waals surface area (Å²) < 4.78 is 5.45. The number of hydrogen-bond donors (Lipinski definition) is 0. The molecule has 2 radical (unpaired) electrons. The molecule has 0 atom stereocenters. The van der Waals surface area contributed by atoms with E-state index in [4.69, 9.17) is 4.74 Å². The monoisotopic (exact) mass is 254 g/mol. The number of benzene rings is 2. The van der Waals surface area contributed by atoms with Crippen molar-refractivity contribution in [3.63, 3.8) is 0 Å². The van der Waals surface area contributed by atoms with Crippen LogP contribution in [0.1, 0.15) is 38.2 Å². The summed E-state index contributed by atoms with van der Waals surface area (Å²) in [6.07, 6.45) is 6.63. The second kappa shape index (κ2) is 7.96. The van der Waals surface area contributed by atoms with Crippen molar-refractivity contribution in [2.75, 3.05) is 6.61 Å². The summed E-state index contributed by atoms with van der Waals surface area (Å²) in [6.45, 7) is 4.97. The molecule has 0 heterocycles. The zero-order valence-electron chi connectivity index (χ0n) is 11.6. The lowest BCUT2D eigenvalue weighted by Gasteiger charge is -2.06. The fourth-order valence-corrected chi connectivity index (χ4v) is 2.13. The molecular weight excluding hydrogens is 232 g/mol. The number of hydrogen-bond acceptors (Lipinski definition) is 1. The molecule has 2 aromatic rings. The molecule has 0 aromatic heterocycles. The average molecular weight is 254 g/mol. The Labute approximate surface area is 116 Å². The maximum Gasteiger partial charge on any atom is 0.0836 e. The Bertz CT molecular complexity index is 485. The summed E-state index contributed by atoms with van der Waals surface area (Å²) in [6, 6.07) is 15.0. The largest absolute Gasteiger partial charge is 0.376 e. The van der Waals surface area contributed by atoms with Crippen LogP contribution < -0.4 is 0 Å². The van der Waals surface area contributed by atoms with Crippen molar-refractivity contribution >= 4 is 10.8 Å². The minimum Gasteiger partial charge on any atom is -0.376 e. The first-order chi connectivity index (χ1) is 9.42. The maximum absolute atomic E-state index is 5.45. The standard InChI is InChI=1S/C18H22O/c1-2-3-14-19-15-7-6-10-17-12-8-11-16-9-4-5-13-18(16)17/h4-5,8-13,15H,2-3,6-7,14H2,1H3. The zero-order chi connectivity index (χ0) is 13.3. The van der Waals surface area contributed by atoms with Crippen molar-refractivity contribution < 1.29 is 4.74 Å². The highest BCUT2D eigenvalue weighted by Crippen LogP contribution is 2.21. The Kier molecular flexibility index (Phi) is 5.90. The molecule has 0 aliphatic rings. The van der Waals surface area contributed by atoms with Crippen molar-refractivity contribution in [3.8, 4) is 0 Å². The minimum atomic E-state index is 0.852. The summed E-state index contributed by atoms with van der Waals surface area (Å²) >= 11 is 0. The van der Waals surface area contributed by atoms with E-state index < -0.39 is 0 Å². The van der Waals surface area contributed by atoms with Crippen molar-refractivity contribution in [3.05, 3.63) is 61.1 Å². The summed E-state index contributed by atoms with van der Waals surface area (Å²) in [4.78, 5) is 0. The Balaban J connectivity index is 1.78. The van der Waals surface area contributed by atoms with Crippen molar-refractivity contribution in [1.82, 2.24) is 0 Å². The SMILES string of the molecule is CCCCO[CH]CC[CH]c1cccc2ccccc12. The van der Waals surface area contributed by atoms with E-state index in [9.17, 15) is 0 Å². The topological polar surface area (TPSA) is 9.23 Å². The molecule has 0 unspecified atom stereocenters. The van der Waals surface area contributed by atoms with Crippen LogP contribution in [0.2, 0.25) is 0 Å². The first-order valence-corrected chi connectivity index (χ1v) is 7.16. The van der Waals surface area contributed by atoms with Gasteiger partial charge in [-0.1, -0.05) is 55.8 Å². The van der Waals surface area contributed by atoms with Crippen molar-refractivity contribution in [2.45, 2.75) is 32.6 Å². The van der Waals surface area contributed by atoms with Crippen molar-refractivity contribution in [2.24, 2.45) is 0 Å². The summed E-state index contributed by atoms with van der Waals surface area (Å²) in [7, 11) is 0. The average Bonchev–Trinajstić information content (AvgIpc) is 2.46. The molecule has 1 heteroatoms. The van der Waals surface area contributed by atoms with Crippen LogP contribution >= 0.6 is 0 Å². The van der Waals surface area contributed by atoms with Crippen LogP contribution in [-0.4, -0.2) is 6.61 Å². The lowest BCUT2D eigenvalue weighted by molar-refractivity contribution is 0.187. The fraction of sp³-hybridized carbons (Fsp3) is 0.333. The molecule has 0 aliphatic carbocycles. The predicted molar refractivity (Wildman–Crippen MR) is 81.7 cm³/mol. The third-order valence-electron chi connectivity index (χ3n) is 3.21. The highest BCUT2D eigenvalue weighted by molar-refractivity contribution is 5.86. The Morgan fingerprint density at radius 2 is 1.84 bits per heavy atom. The van der Waals surface area contributed by atoms with Crippen LogP contribution in [0.4, 0.5) is 0 Å². The van der Waals surface area contributed by atoms with Gasteiger partial charge in [0, 0.05) is 6.61 Å². The minimum absolute atomic E-state index is 0.852. The van der Waals surface area contributed by atoms with Crippen LogP contribution in [0.3, 0.4) is 0 Å². The van der Waals surface area contributed by atoms with Crippen LogP contribution in [0.5, 0.6) is 0 Å². The van der Waals surface area contributed by atoms with Crippen molar-refractivity contribution in [1.29, 1.82) is 0 Å². The molecule has 0 bridgehead atoms. The molecule has 19 heavy (non-hydrogen) atoms. The molecule has 1 nitrogen and oxygen atoms in total. The molecule has 100 valence electrons. The van der Waals surface area contributed by atoms with E-state index in [0.29, 0.717) is 0 Å². The summed E-state index contributed by atoms with van der Waals surface area (Å²) in [5, 5.41) is 2.64. The molecule has 0 amide bonds. The summed E-state index contributed by atoms with van der Waals surface area (Å²) in [5.74, 6) is 0. The summed E-state index contributed by atoms with van der Waals surface area (Å²) in [5.41, 5.74) is 1.32. The van der Waals surface area contributed by atoms with Gasteiger partial charge in [0.15, 0.2) is 0 Å². The smallest absolute Gasteiger partial charge is 0.0836 e. The third kappa shape index (κ3) is 4.36. The predicted octanol–water partition coefficient (Wildman–Crippen LogP) is 5.15. The van der Waals surface area contributed by atoms with Gasteiger partial charge in [-0.2, -0.15) is 0 Å². The second-order valence-corrected chi connectivity index (χ2v) is 4.74. The van der Waals surface area contributed by atoms with Gasteiger partial charge in [0.05, 0.1) is 6.61 Å². The van der Waals surface area contributed by atoms with Gasteiger partial charge >= 0.3 is 0 Å². The molecule has 0 aliphatic heterocycles. The number of rotatable bonds is 8. The lowest BCUT2D eigenvalue weighted by atomic mass is 10.0. The van der Waals surface area contributed by atoms with Gasteiger partial charge in [0.2, 0.25) is 0 Å². The van der Waals surface area contributed by atoms with E-state index in [-0.39, 0.29) is 0 Å². The van der Waals surface area contributed by atoms with E-state index in [0.717, 1.165) is 25.9 Å². The molecule has 0 saturated carbocycles. The second-order valence-electron chi connectivity index (χ2n) is 4.74. The maximum atomic E-state index is 5.45. The van der Waals surface area contributed by atoms with Gasteiger partial charge < -0.3 is 4.74 Å². The lowest BCUT2D eigenvalue weighted by Crippen LogP contribution is -1.92. The van der Waals surface area contributed by atoms with Gasteiger partial charge in [-0.3, -0.25) is 0 Å². The molecule has 0 N–H and O–H groups in total. The quantitative estimate of drug-likeness (QED) is 0.592. The van der Waals surface area contributed by atoms with Crippen LogP contribution in [-0.2, 0) is 4.74 Å². The molecule has 2 aromatic carbocycles. The van der Waals surface area contributed by atoms with Gasteiger partial charge in [-0.15, -0.1) is 0 Å². The van der Waals surface area contributed by atoms with E-state index in [2.05, 4.69) is 55.8 Å². The number of fused-ring (bicyclic) bond motifs is 1. The van der Waals surface area contributed by atoms with Gasteiger partial charge in [-0.25, -0.2) is 0 Å². The molecule has 0 saturated heterocycles. The van der Waals surface area contributed by atoms with E-state index in [1.54, 1.807) is 0 Å². The molecular formula is C18H22O. The van der Waals surface area contributed by atoms with E-state index >= 15 is 0 Å². The third-order valence-corrected chi connectivity index (χ3v) is 3.21. The molecule has 0 fully saturated rings.